The van der Waals surface area contributed by atoms with Crippen molar-refractivity contribution in [3.63, 3.8) is 0 Å². The van der Waals surface area contributed by atoms with Crippen molar-refractivity contribution in [2.24, 2.45) is 5.73 Å². The Morgan fingerprint density at radius 1 is 1.33 bits per heavy atom. The SMILES string of the molecule is NC(=O)CC(NC(=O)CCCON(O)O)C(=O)O. The molecular formula is C8H15N3O7. The van der Waals surface area contributed by atoms with Crippen LogP contribution in [0.15, 0.2) is 0 Å². The number of carbonyl (C=O) groups excluding carboxylic acids is 2. The molecule has 0 rings (SSSR count). The number of primary amides is 1. The van der Waals surface area contributed by atoms with Crippen LogP contribution in [0.3, 0.4) is 0 Å². The highest BCUT2D eigenvalue weighted by Crippen LogP contribution is 1.96. The number of nitrogens with zero attached hydrogens (tertiary/aromatic N) is 1. The van der Waals surface area contributed by atoms with Gasteiger partial charge in [0.2, 0.25) is 11.8 Å². The number of nitrogens with one attached hydrogen (secondary N) is 1. The van der Waals surface area contributed by atoms with E-state index in [-0.39, 0.29) is 19.4 Å². The van der Waals surface area contributed by atoms with Crippen LogP contribution >= 0.6 is 0 Å². The van der Waals surface area contributed by atoms with Crippen LogP contribution in [0, 0.1) is 0 Å². The van der Waals surface area contributed by atoms with Gasteiger partial charge in [0.25, 0.3) is 0 Å². The molecule has 0 radical (unpaired) electrons. The van der Waals surface area contributed by atoms with Gasteiger partial charge >= 0.3 is 5.97 Å². The molecular weight excluding hydrogens is 250 g/mol. The predicted octanol–water partition coefficient (Wildman–Crippen LogP) is -1.78. The molecule has 1 unspecified atom stereocenters. The molecule has 0 aromatic rings. The number of nitrogens with two attached hydrogens (primary N) is 1. The Hall–Kier alpha value is -1.75. The fourth-order valence-electron chi connectivity index (χ4n) is 1.05. The summed E-state index contributed by atoms with van der Waals surface area (Å²) in [5, 5.41) is 26.6. The van der Waals surface area contributed by atoms with Crippen LogP contribution in [-0.4, -0.2) is 51.3 Å². The van der Waals surface area contributed by atoms with E-state index in [9.17, 15) is 14.4 Å². The average Bonchev–Trinajstić information content (AvgIpc) is 2.22. The summed E-state index contributed by atoms with van der Waals surface area (Å²) in [7, 11) is 0. The first-order valence-electron chi connectivity index (χ1n) is 4.94. The lowest BCUT2D eigenvalue weighted by Gasteiger charge is -2.12. The smallest absolute Gasteiger partial charge is 0.326 e. The van der Waals surface area contributed by atoms with Gasteiger partial charge in [-0.2, -0.15) is 0 Å². The molecule has 6 N–H and O–H groups in total. The molecule has 0 aromatic carbocycles. The van der Waals surface area contributed by atoms with Crippen LogP contribution in [-0.2, 0) is 19.2 Å². The number of aliphatic carboxylic acids is 1. The Kier molecular flexibility index (Phi) is 7.54. The first-order valence-corrected chi connectivity index (χ1v) is 4.94. The number of carboxylic acid groups (broad SMARTS) is 1. The molecule has 0 spiro atoms. The summed E-state index contributed by atoms with van der Waals surface area (Å²) < 4.78 is 0. The second-order valence-electron chi connectivity index (χ2n) is 3.32. The van der Waals surface area contributed by atoms with Crippen molar-refractivity contribution in [1.82, 2.24) is 10.7 Å². The lowest BCUT2D eigenvalue weighted by Crippen LogP contribution is -2.43. The van der Waals surface area contributed by atoms with E-state index in [1.54, 1.807) is 0 Å². The maximum Gasteiger partial charge on any atom is 0.326 e. The third-order valence-electron chi connectivity index (χ3n) is 1.79. The summed E-state index contributed by atoms with van der Waals surface area (Å²) >= 11 is 0. The molecule has 0 aliphatic heterocycles. The zero-order valence-electron chi connectivity index (χ0n) is 9.40. The molecule has 0 aliphatic carbocycles. The average molecular weight is 265 g/mol. The van der Waals surface area contributed by atoms with Crippen LogP contribution in [0.4, 0.5) is 0 Å². The molecule has 2 amide bonds. The van der Waals surface area contributed by atoms with Crippen LogP contribution in [0.25, 0.3) is 0 Å². The van der Waals surface area contributed by atoms with E-state index in [1.807, 2.05) is 0 Å². The molecule has 0 aliphatic rings. The maximum atomic E-state index is 11.3. The Bertz CT molecular complexity index is 307. The number of carboxylic acids is 1. The van der Waals surface area contributed by atoms with Gasteiger partial charge < -0.3 is 16.2 Å². The third-order valence-corrected chi connectivity index (χ3v) is 1.79. The van der Waals surface area contributed by atoms with Crippen molar-refractivity contribution >= 4 is 17.8 Å². The largest absolute Gasteiger partial charge is 0.480 e. The molecule has 1 atom stereocenters. The van der Waals surface area contributed by atoms with Gasteiger partial charge in [0.05, 0.1) is 18.4 Å². The minimum absolute atomic E-state index is 0.101. The highest BCUT2D eigenvalue weighted by molar-refractivity contribution is 5.88. The lowest BCUT2D eigenvalue weighted by molar-refractivity contribution is -0.492. The minimum atomic E-state index is -1.37. The summed E-state index contributed by atoms with van der Waals surface area (Å²) in [4.78, 5) is 36.7. The first-order chi connectivity index (χ1) is 8.32. The van der Waals surface area contributed by atoms with Gasteiger partial charge in [-0.05, 0) is 6.42 Å². The van der Waals surface area contributed by atoms with Crippen molar-refractivity contribution in [1.29, 1.82) is 0 Å². The molecule has 0 saturated carbocycles. The fourth-order valence-corrected chi connectivity index (χ4v) is 1.05. The maximum absolute atomic E-state index is 11.3. The van der Waals surface area contributed by atoms with E-state index in [4.69, 9.17) is 21.3 Å². The molecule has 0 saturated heterocycles. The standard InChI is InChI=1S/C8H15N3O7/c9-6(12)4-5(8(14)15)10-7(13)2-1-3-18-11(16)17/h5,16-17H,1-4H2,(H2,9,12)(H,10,13)(H,14,15). The first kappa shape index (κ1) is 16.2. The zero-order valence-corrected chi connectivity index (χ0v) is 9.40. The molecule has 18 heavy (non-hydrogen) atoms. The topological polar surface area (TPSA) is 162 Å². The summed E-state index contributed by atoms with van der Waals surface area (Å²) in [6.07, 6.45) is -0.471. The van der Waals surface area contributed by atoms with Crippen molar-refractivity contribution in [2.75, 3.05) is 6.61 Å². The van der Waals surface area contributed by atoms with Gasteiger partial charge in [-0.1, -0.05) is 0 Å². The number of amides is 2. The third kappa shape index (κ3) is 8.41. The number of carbonyl (C=O) groups is 3. The molecule has 104 valence electrons. The van der Waals surface area contributed by atoms with Crippen molar-refractivity contribution < 1.29 is 34.7 Å². The van der Waals surface area contributed by atoms with Crippen LogP contribution in [0.2, 0.25) is 0 Å². The van der Waals surface area contributed by atoms with Crippen molar-refractivity contribution in [3.8, 4) is 0 Å². The van der Waals surface area contributed by atoms with E-state index in [2.05, 4.69) is 10.2 Å². The quantitative estimate of drug-likeness (QED) is 0.241. The van der Waals surface area contributed by atoms with Crippen LogP contribution < -0.4 is 11.1 Å². The molecule has 10 heteroatoms. The Morgan fingerprint density at radius 2 is 1.94 bits per heavy atom. The number of rotatable bonds is 9. The van der Waals surface area contributed by atoms with Gasteiger partial charge in [-0.15, -0.1) is 0 Å². The molecule has 10 nitrogen and oxygen atoms in total. The zero-order chi connectivity index (χ0) is 14.1. The van der Waals surface area contributed by atoms with E-state index in [0.717, 1.165) is 0 Å². The highest BCUT2D eigenvalue weighted by Gasteiger charge is 2.21. The Morgan fingerprint density at radius 3 is 2.39 bits per heavy atom. The molecule has 0 bridgehead atoms. The Balaban J connectivity index is 3.95. The van der Waals surface area contributed by atoms with Gasteiger partial charge in [-0.25, -0.2) is 4.79 Å². The van der Waals surface area contributed by atoms with Crippen molar-refractivity contribution in [2.45, 2.75) is 25.3 Å². The number of hydrogen-bond donors (Lipinski definition) is 5. The van der Waals surface area contributed by atoms with Crippen molar-refractivity contribution in [3.05, 3.63) is 0 Å². The van der Waals surface area contributed by atoms with E-state index < -0.39 is 35.6 Å². The predicted molar refractivity (Wildman–Crippen MR) is 54.0 cm³/mol. The summed E-state index contributed by atoms with van der Waals surface area (Å²) in [6.45, 7) is -0.145. The van der Waals surface area contributed by atoms with E-state index >= 15 is 0 Å². The molecule has 0 fully saturated rings. The van der Waals surface area contributed by atoms with Crippen LogP contribution in [0.1, 0.15) is 19.3 Å². The molecule has 0 aromatic heterocycles. The summed E-state index contributed by atoms with van der Waals surface area (Å²) in [5.74, 6) is -2.83. The van der Waals surface area contributed by atoms with E-state index in [0.29, 0.717) is 0 Å². The number of hydrogen-bond acceptors (Lipinski definition) is 7. The van der Waals surface area contributed by atoms with Gasteiger partial charge in [0.1, 0.15) is 6.04 Å². The summed E-state index contributed by atoms with van der Waals surface area (Å²) in [5.41, 5.74) is 4.83. The van der Waals surface area contributed by atoms with Crippen LogP contribution in [0.5, 0.6) is 0 Å². The normalized spacial score (nSPS) is 12.2. The second kappa shape index (κ2) is 8.36. The Labute approximate surface area is 102 Å². The lowest BCUT2D eigenvalue weighted by atomic mass is 10.2. The molecule has 0 heterocycles. The second-order valence-corrected chi connectivity index (χ2v) is 3.32. The summed E-state index contributed by atoms with van der Waals surface area (Å²) in [6, 6.07) is -1.37. The van der Waals surface area contributed by atoms with E-state index in [1.165, 1.54) is 0 Å². The minimum Gasteiger partial charge on any atom is -0.480 e. The van der Waals surface area contributed by atoms with Gasteiger partial charge in [0, 0.05) is 6.42 Å². The highest BCUT2D eigenvalue weighted by atomic mass is 17.1. The van der Waals surface area contributed by atoms with Gasteiger partial charge in [-0.3, -0.25) is 24.8 Å². The fraction of sp³-hybridized carbons (Fsp3) is 0.625. The van der Waals surface area contributed by atoms with Gasteiger partial charge in [0.15, 0.2) is 0 Å². The monoisotopic (exact) mass is 265 g/mol.